The largest absolute Gasteiger partial charge is 0.492 e. The van der Waals surface area contributed by atoms with Crippen molar-refractivity contribution < 1.29 is 4.74 Å². The third kappa shape index (κ3) is 5.96. The molecule has 0 radical (unpaired) electrons. The van der Waals surface area contributed by atoms with Gasteiger partial charge in [0, 0.05) is 6.54 Å². The Morgan fingerprint density at radius 2 is 1.61 bits per heavy atom. The van der Waals surface area contributed by atoms with E-state index in [-0.39, 0.29) is 0 Å². The number of nitrogens with one attached hydrogen (secondary N) is 1. The summed E-state index contributed by atoms with van der Waals surface area (Å²) in [6, 6.07) is 27.5. The zero-order chi connectivity index (χ0) is 22.9. The van der Waals surface area contributed by atoms with E-state index in [1.54, 1.807) is 0 Å². The summed E-state index contributed by atoms with van der Waals surface area (Å²) in [5.74, 6) is 0.914. The highest BCUT2D eigenvalue weighted by Crippen LogP contribution is 2.35. The molecule has 1 heterocycles. The van der Waals surface area contributed by atoms with Crippen LogP contribution in [0.3, 0.4) is 0 Å². The van der Waals surface area contributed by atoms with Crippen LogP contribution in [0.15, 0.2) is 84.0 Å². The predicted octanol–water partition coefficient (Wildman–Crippen LogP) is 7.06. The third-order valence-electron chi connectivity index (χ3n) is 6.27. The first kappa shape index (κ1) is 22.9. The minimum Gasteiger partial charge on any atom is -0.492 e. The molecule has 33 heavy (non-hydrogen) atoms. The molecule has 1 fully saturated rings. The predicted molar refractivity (Wildman–Crippen MR) is 136 cm³/mol. The van der Waals surface area contributed by atoms with Crippen molar-refractivity contribution in [3.8, 4) is 5.75 Å². The van der Waals surface area contributed by atoms with Crippen molar-refractivity contribution in [2.75, 3.05) is 26.2 Å². The van der Waals surface area contributed by atoms with E-state index in [9.17, 15) is 0 Å². The summed E-state index contributed by atoms with van der Waals surface area (Å²) in [5.41, 5.74) is 14.4. The molecule has 3 aromatic carbocycles. The lowest BCUT2D eigenvalue weighted by atomic mass is 9.87. The van der Waals surface area contributed by atoms with Crippen LogP contribution in [0.4, 0.5) is 0 Å². The maximum Gasteiger partial charge on any atom is 0.119 e. The van der Waals surface area contributed by atoms with Gasteiger partial charge in [0.2, 0.25) is 0 Å². The Balaban J connectivity index is 1.65. The number of likely N-dealkylation sites (tertiary alicyclic amines) is 1. The number of hydrogen-bond acceptors (Lipinski definition) is 4. The van der Waals surface area contributed by atoms with Crippen LogP contribution in [-0.4, -0.2) is 31.1 Å². The van der Waals surface area contributed by atoms with Gasteiger partial charge >= 0.3 is 0 Å². The molecule has 1 N–H and O–H groups in total. The lowest BCUT2D eigenvalue weighted by molar-refractivity contribution is 0.238. The van der Waals surface area contributed by atoms with Crippen LogP contribution in [0, 0.1) is 5.53 Å². The van der Waals surface area contributed by atoms with Crippen molar-refractivity contribution >= 4 is 11.1 Å². The number of nitrogens with zero attached hydrogens (tertiary/aromatic N) is 2. The number of hydrogen-bond donors (Lipinski definition) is 1. The van der Waals surface area contributed by atoms with Crippen molar-refractivity contribution in [3.05, 3.63) is 101 Å². The van der Waals surface area contributed by atoms with Crippen molar-refractivity contribution in [1.82, 2.24) is 4.90 Å². The van der Waals surface area contributed by atoms with E-state index in [0.29, 0.717) is 6.54 Å². The zero-order valence-corrected chi connectivity index (χ0v) is 19.5. The highest BCUT2D eigenvalue weighted by atomic mass is 16.5. The Morgan fingerprint density at radius 1 is 0.879 bits per heavy atom. The quantitative estimate of drug-likeness (QED) is 0.271. The minimum absolute atomic E-state index is 0.401. The number of rotatable bonds is 10. The van der Waals surface area contributed by atoms with E-state index in [4.69, 9.17) is 10.3 Å². The summed E-state index contributed by atoms with van der Waals surface area (Å²) in [5, 5.41) is 3.58. The van der Waals surface area contributed by atoms with Gasteiger partial charge in [0.15, 0.2) is 0 Å². The Bertz CT molecular complexity index is 1070. The molecule has 0 saturated carbocycles. The van der Waals surface area contributed by atoms with E-state index in [2.05, 4.69) is 89.7 Å². The van der Waals surface area contributed by atoms with Gasteiger partial charge in [-0.25, -0.2) is 5.53 Å². The van der Waals surface area contributed by atoms with E-state index < -0.39 is 0 Å². The van der Waals surface area contributed by atoms with Gasteiger partial charge in [0.1, 0.15) is 12.4 Å². The molecular weight excluding hydrogens is 406 g/mol. The van der Waals surface area contributed by atoms with Gasteiger partial charge in [-0.2, -0.15) is 5.11 Å². The smallest absolute Gasteiger partial charge is 0.119 e. The summed E-state index contributed by atoms with van der Waals surface area (Å²) >= 11 is 0. The van der Waals surface area contributed by atoms with E-state index >= 15 is 0 Å². The molecule has 1 aliphatic heterocycles. The molecule has 3 aromatic rings. The van der Waals surface area contributed by atoms with Gasteiger partial charge in [-0.1, -0.05) is 67.6 Å². The summed E-state index contributed by atoms with van der Waals surface area (Å²) < 4.78 is 6.04. The van der Waals surface area contributed by atoms with Crippen LogP contribution >= 0.6 is 0 Å². The average Bonchev–Trinajstić information content (AvgIpc) is 3.38. The molecule has 0 aromatic heterocycles. The maximum atomic E-state index is 7.27. The fourth-order valence-electron chi connectivity index (χ4n) is 4.61. The van der Waals surface area contributed by atoms with Crippen LogP contribution < -0.4 is 4.74 Å². The molecule has 0 spiro atoms. The molecule has 0 atom stereocenters. The zero-order valence-electron chi connectivity index (χ0n) is 19.5. The van der Waals surface area contributed by atoms with E-state index in [1.807, 2.05) is 6.07 Å². The van der Waals surface area contributed by atoms with Crippen molar-refractivity contribution in [2.24, 2.45) is 5.11 Å². The van der Waals surface area contributed by atoms with Crippen molar-refractivity contribution in [2.45, 2.75) is 32.7 Å². The van der Waals surface area contributed by atoms with Crippen molar-refractivity contribution in [1.29, 1.82) is 5.53 Å². The van der Waals surface area contributed by atoms with Crippen LogP contribution in [0.5, 0.6) is 5.75 Å². The van der Waals surface area contributed by atoms with Crippen LogP contribution in [0.2, 0.25) is 0 Å². The Kier molecular flexibility index (Phi) is 8.04. The first-order valence-corrected chi connectivity index (χ1v) is 11.9. The van der Waals surface area contributed by atoms with Gasteiger partial charge in [-0.3, -0.25) is 4.90 Å². The number of benzene rings is 3. The first-order valence-electron chi connectivity index (χ1n) is 11.9. The second-order valence-corrected chi connectivity index (χ2v) is 8.51. The molecule has 0 amide bonds. The molecular formula is C29H33N3O. The van der Waals surface area contributed by atoms with Gasteiger partial charge in [0.05, 0.1) is 6.54 Å². The number of ether oxygens (including phenoxy) is 1. The third-order valence-corrected chi connectivity index (χ3v) is 6.27. The van der Waals surface area contributed by atoms with Gasteiger partial charge in [-0.15, -0.1) is 0 Å². The normalized spacial score (nSPS) is 14.7. The molecule has 0 bridgehead atoms. The Morgan fingerprint density at radius 3 is 2.30 bits per heavy atom. The molecule has 170 valence electrons. The highest BCUT2D eigenvalue weighted by molar-refractivity contribution is 5.98. The second kappa shape index (κ2) is 11.6. The fraction of sp³-hybridized carbons (Fsp3) is 0.310. The molecule has 1 saturated heterocycles. The van der Waals surface area contributed by atoms with Crippen LogP contribution in [0.1, 0.15) is 48.4 Å². The second-order valence-electron chi connectivity index (χ2n) is 8.51. The van der Waals surface area contributed by atoms with Gasteiger partial charge in [-0.05, 0) is 84.0 Å². The van der Waals surface area contributed by atoms with Gasteiger partial charge in [0.25, 0.3) is 0 Å². The first-order chi connectivity index (χ1) is 16.3. The SMILES string of the molecule is CC/C(=C(/c1ccc(OCCN2CCCC2)cc1)c1cccc(CN=N)c1)c1ccccc1. The van der Waals surface area contributed by atoms with Crippen molar-refractivity contribution in [3.63, 3.8) is 0 Å². The summed E-state index contributed by atoms with van der Waals surface area (Å²) in [4.78, 5) is 2.47. The highest BCUT2D eigenvalue weighted by Gasteiger charge is 2.14. The monoisotopic (exact) mass is 439 g/mol. The standard InChI is InChI=1S/C29H33N3O/c1-2-28(24-10-4-3-5-11-24)29(26-12-8-9-23(21-26)22-31-30)25-13-15-27(16-14-25)33-20-19-32-17-6-7-18-32/h3-5,8-16,21,30H,2,6-7,17-20,22H2,1H3/b29-28+,31-30?. The summed E-state index contributed by atoms with van der Waals surface area (Å²) in [6.07, 6.45) is 3.53. The van der Waals surface area contributed by atoms with E-state index in [1.165, 1.54) is 48.2 Å². The maximum absolute atomic E-state index is 7.27. The van der Waals surface area contributed by atoms with Gasteiger partial charge < -0.3 is 4.74 Å². The number of allylic oxidation sites excluding steroid dienone is 1. The minimum atomic E-state index is 0.401. The lowest BCUT2D eigenvalue weighted by Gasteiger charge is -2.18. The average molecular weight is 440 g/mol. The molecule has 0 aliphatic carbocycles. The summed E-state index contributed by atoms with van der Waals surface area (Å²) in [6.45, 7) is 6.73. The van der Waals surface area contributed by atoms with Crippen LogP contribution in [-0.2, 0) is 6.54 Å². The Labute approximate surface area is 197 Å². The topological polar surface area (TPSA) is 48.7 Å². The molecule has 1 aliphatic rings. The van der Waals surface area contributed by atoms with Crippen LogP contribution in [0.25, 0.3) is 11.1 Å². The molecule has 4 nitrogen and oxygen atoms in total. The molecule has 4 heteroatoms. The Hall–Kier alpha value is -3.24. The van der Waals surface area contributed by atoms with E-state index in [0.717, 1.165) is 36.4 Å². The lowest BCUT2D eigenvalue weighted by Crippen LogP contribution is -2.25. The molecule has 4 rings (SSSR count). The fourth-order valence-corrected chi connectivity index (χ4v) is 4.61. The summed E-state index contributed by atoms with van der Waals surface area (Å²) in [7, 11) is 0. The molecule has 0 unspecified atom stereocenters.